The van der Waals surface area contributed by atoms with E-state index in [0.717, 1.165) is 10.9 Å². The zero-order valence-electron chi connectivity index (χ0n) is 13.8. The Labute approximate surface area is 162 Å². The molecular formula is C17H13ClN4O4S. The third-order valence-electron chi connectivity index (χ3n) is 3.66. The molecule has 2 heterocycles. The molecule has 10 heteroatoms. The lowest BCUT2D eigenvalue weighted by Crippen LogP contribution is -2.32. The molecule has 138 valence electrons. The van der Waals surface area contributed by atoms with E-state index in [0.29, 0.717) is 5.69 Å². The second kappa shape index (κ2) is 8.11. The monoisotopic (exact) mass is 404 g/mol. The maximum Gasteiger partial charge on any atom is 0.270 e. The molecule has 0 saturated carbocycles. The summed E-state index contributed by atoms with van der Waals surface area (Å²) in [4.78, 5) is 35.2. The second-order valence-electron chi connectivity index (χ2n) is 5.43. The van der Waals surface area contributed by atoms with Gasteiger partial charge in [0.15, 0.2) is 0 Å². The van der Waals surface area contributed by atoms with E-state index in [1.165, 1.54) is 34.2 Å². The van der Waals surface area contributed by atoms with Gasteiger partial charge in [-0.15, -0.1) is 11.3 Å². The van der Waals surface area contributed by atoms with Crippen molar-refractivity contribution in [3.05, 3.63) is 78.9 Å². The largest absolute Gasteiger partial charge is 0.350 e. The summed E-state index contributed by atoms with van der Waals surface area (Å²) in [6.45, 7) is 0.321. The van der Waals surface area contributed by atoms with Gasteiger partial charge in [0, 0.05) is 24.7 Å². The zero-order chi connectivity index (χ0) is 19.4. The number of aromatic nitrogens is 2. The first kappa shape index (κ1) is 18.7. The van der Waals surface area contributed by atoms with E-state index < -0.39 is 10.8 Å². The Hall–Kier alpha value is -3.04. The smallest absolute Gasteiger partial charge is 0.270 e. The van der Waals surface area contributed by atoms with Crippen LogP contribution < -0.4 is 10.9 Å². The molecule has 0 bridgehead atoms. The minimum absolute atomic E-state index is 0.0170. The third-order valence-corrected chi connectivity index (χ3v) is 4.86. The van der Waals surface area contributed by atoms with Gasteiger partial charge in [-0.1, -0.05) is 17.7 Å². The normalized spacial score (nSPS) is 10.6. The van der Waals surface area contributed by atoms with E-state index >= 15 is 0 Å². The Morgan fingerprint density at radius 3 is 2.78 bits per heavy atom. The molecule has 0 spiro atoms. The van der Waals surface area contributed by atoms with Gasteiger partial charge in [-0.25, -0.2) is 4.68 Å². The second-order valence-corrected chi connectivity index (χ2v) is 6.79. The third kappa shape index (κ3) is 4.39. The van der Waals surface area contributed by atoms with Crippen molar-refractivity contribution in [1.82, 2.24) is 15.1 Å². The summed E-state index contributed by atoms with van der Waals surface area (Å²) in [5.74, 6) is -0.489. The van der Waals surface area contributed by atoms with Crippen molar-refractivity contribution >= 4 is 34.5 Å². The number of nitro groups is 1. The van der Waals surface area contributed by atoms with Gasteiger partial charge in [0.25, 0.3) is 17.2 Å². The fourth-order valence-corrected chi connectivity index (χ4v) is 3.29. The topological polar surface area (TPSA) is 107 Å². The first-order chi connectivity index (χ1) is 13.0. The number of rotatable bonds is 6. The number of hydrogen-bond acceptors (Lipinski definition) is 6. The average molecular weight is 405 g/mol. The molecule has 1 N–H and O–H groups in total. The lowest BCUT2D eigenvalue weighted by Gasteiger charge is -2.09. The Kier molecular flexibility index (Phi) is 5.63. The number of benzene rings is 1. The van der Waals surface area contributed by atoms with Gasteiger partial charge in [-0.3, -0.25) is 19.7 Å². The summed E-state index contributed by atoms with van der Waals surface area (Å²) in [6, 6.07) is 10.5. The van der Waals surface area contributed by atoms with Gasteiger partial charge >= 0.3 is 0 Å². The molecule has 0 aliphatic carbocycles. The van der Waals surface area contributed by atoms with Crippen LogP contribution in [-0.2, 0) is 6.54 Å². The highest BCUT2D eigenvalue weighted by molar-refractivity contribution is 7.13. The number of nitrogens with one attached hydrogen (secondary N) is 1. The summed E-state index contributed by atoms with van der Waals surface area (Å²) >= 11 is 7.45. The minimum Gasteiger partial charge on any atom is -0.350 e. The maximum absolute atomic E-state index is 12.2. The Morgan fingerprint density at radius 2 is 2.11 bits per heavy atom. The van der Waals surface area contributed by atoms with Crippen LogP contribution in [0, 0.1) is 10.1 Å². The van der Waals surface area contributed by atoms with Crippen LogP contribution in [0.15, 0.2) is 52.6 Å². The van der Waals surface area contributed by atoms with E-state index in [9.17, 15) is 19.7 Å². The number of hydrogen-bond donors (Lipinski definition) is 1. The van der Waals surface area contributed by atoms with Gasteiger partial charge < -0.3 is 5.32 Å². The van der Waals surface area contributed by atoms with Crippen molar-refractivity contribution in [3.63, 3.8) is 0 Å². The molecule has 0 atom stereocenters. The summed E-state index contributed by atoms with van der Waals surface area (Å²) in [5.41, 5.74) is 0.319. The Balaban J connectivity index is 1.66. The molecule has 1 aromatic carbocycles. The van der Waals surface area contributed by atoms with Crippen LogP contribution in [0.2, 0.25) is 5.02 Å². The minimum atomic E-state index is -0.591. The van der Waals surface area contributed by atoms with Crippen molar-refractivity contribution < 1.29 is 9.72 Å². The molecule has 0 saturated heterocycles. The molecule has 0 fully saturated rings. The molecule has 8 nitrogen and oxygen atoms in total. The molecule has 1 amide bonds. The highest BCUT2D eigenvalue weighted by Crippen LogP contribution is 2.22. The number of nitro benzene ring substituents is 1. The van der Waals surface area contributed by atoms with Gasteiger partial charge in [0.2, 0.25) is 0 Å². The quantitative estimate of drug-likeness (QED) is 0.502. The van der Waals surface area contributed by atoms with E-state index in [1.807, 2.05) is 17.5 Å². The van der Waals surface area contributed by atoms with Gasteiger partial charge in [-0.2, -0.15) is 5.10 Å². The lowest BCUT2D eigenvalue weighted by atomic mass is 10.2. The van der Waals surface area contributed by atoms with E-state index in [-0.39, 0.29) is 34.9 Å². The highest BCUT2D eigenvalue weighted by Gasteiger charge is 2.14. The maximum atomic E-state index is 12.2. The highest BCUT2D eigenvalue weighted by atomic mass is 35.5. The standard InChI is InChI=1S/C17H13ClN4O4S/c18-13-10-11(22(25)26)3-4-12(13)17(24)19-7-8-21-16(23)6-5-14(20-21)15-2-1-9-27-15/h1-6,9-10H,7-8H2,(H,19,24). The van der Waals surface area contributed by atoms with Crippen molar-refractivity contribution in [3.8, 4) is 10.6 Å². The molecule has 0 aliphatic heterocycles. The van der Waals surface area contributed by atoms with Crippen molar-refractivity contribution in [2.24, 2.45) is 0 Å². The van der Waals surface area contributed by atoms with Crippen molar-refractivity contribution in [2.75, 3.05) is 6.54 Å². The van der Waals surface area contributed by atoms with Gasteiger partial charge in [0.05, 0.1) is 26.9 Å². The number of thiophene rings is 1. The van der Waals surface area contributed by atoms with E-state index in [4.69, 9.17) is 11.6 Å². The van der Waals surface area contributed by atoms with E-state index in [1.54, 1.807) is 6.07 Å². The van der Waals surface area contributed by atoms with Crippen LogP contribution in [0.4, 0.5) is 5.69 Å². The van der Waals surface area contributed by atoms with Crippen LogP contribution >= 0.6 is 22.9 Å². The van der Waals surface area contributed by atoms with Gasteiger partial charge in [-0.05, 0) is 23.6 Å². The Bertz CT molecular complexity index is 1050. The average Bonchev–Trinajstić information content (AvgIpc) is 3.17. The van der Waals surface area contributed by atoms with E-state index in [2.05, 4.69) is 10.4 Å². The van der Waals surface area contributed by atoms with Gasteiger partial charge in [0.1, 0.15) is 5.69 Å². The summed E-state index contributed by atoms with van der Waals surface area (Å²) < 4.78 is 1.27. The molecule has 27 heavy (non-hydrogen) atoms. The van der Waals surface area contributed by atoms with Crippen molar-refractivity contribution in [1.29, 1.82) is 0 Å². The molecule has 0 aliphatic rings. The lowest BCUT2D eigenvalue weighted by molar-refractivity contribution is -0.384. The van der Waals surface area contributed by atoms with Crippen LogP contribution in [-0.4, -0.2) is 27.2 Å². The summed E-state index contributed by atoms with van der Waals surface area (Å²) in [5, 5.41) is 19.5. The molecule has 3 rings (SSSR count). The van der Waals surface area contributed by atoms with Crippen LogP contribution in [0.1, 0.15) is 10.4 Å². The summed E-state index contributed by atoms with van der Waals surface area (Å²) in [6.07, 6.45) is 0. The van der Waals surface area contributed by atoms with Crippen molar-refractivity contribution in [2.45, 2.75) is 6.54 Å². The van der Waals surface area contributed by atoms with Crippen LogP contribution in [0.3, 0.4) is 0 Å². The SMILES string of the molecule is O=C(NCCn1nc(-c2cccs2)ccc1=O)c1ccc([N+](=O)[O-])cc1Cl. The molecule has 3 aromatic rings. The molecule has 0 radical (unpaired) electrons. The number of halogens is 1. The number of nitrogens with zero attached hydrogens (tertiary/aromatic N) is 3. The molecule has 0 unspecified atom stereocenters. The number of carbonyl (C=O) groups excluding carboxylic acids is 1. The number of amides is 1. The van der Waals surface area contributed by atoms with Crippen LogP contribution in [0.25, 0.3) is 10.6 Å². The predicted octanol–water partition coefficient (Wildman–Crippen LogP) is 2.96. The summed E-state index contributed by atoms with van der Waals surface area (Å²) in [7, 11) is 0. The van der Waals surface area contributed by atoms with Crippen LogP contribution in [0.5, 0.6) is 0 Å². The number of non-ortho nitro benzene ring substituents is 1. The predicted molar refractivity (Wildman–Crippen MR) is 102 cm³/mol. The first-order valence-electron chi connectivity index (χ1n) is 7.80. The molecule has 2 aromatic heterocycles. The zero-order valence-corrected chi connectivity index (χ0v) is 15.4. The fourth-order valence-electron chi connectivity index (χ4n) is 2.34. The Morgan fingerprint density at radius 1 is 1.30 bits per heavy atom. The number of carbonyl (C=O) groups is 1. The first-order valence-corrected chi connectivity index (χ1v) is 9.05. The fraction of sp³-hybridized carbons (Fsp3) is 0.118. The molecular weight excluding hydrogens is 392 g/mol.